The summed E-state index contributed by atoms with van der Waals surface area (Å²) < 4.78 is 53.4. The summed E-state index contributed by atoms with van der Waals surface area (Å²) in [4.78, 5) is 2.35. The van der Waals surface area contributed by atoms with E-state index in [1.165, 1.54) is 6.26 Å². The van der Waals surface area contributed by atoms with E-state index in [-0.39, 0.29) is 4.77 Å². The highest BCUT2D eigenvalue weighted by Crippen LogP contribution is 2.31. The Morgan fingerprint density at radius 3 is 2.54 bits per heavy atom. The molecule has 0 N–H and O–H groups in total. The van der Waals surface area contributed by atoms with Crippen molar-refractivity contribution in [3.05, 3.63) is 52.8 Å². The number of nitrogens with zero attached hydrogens (tertiary/aromatic N) is 3. The van der Waals surface area contributed by atoms with E-state index in [1.807, 2.05) is 0 Å². The molecule has 4 rings (SSSR count). The van der Waals surface area contributed by atoms with Crippen LogP contribution in [0.1, 0.15) is 18.5 Å². The number of aromatic nitrogens is 2. The van der Waals surface area contributed by atoms with Gasteiger partial charge in [-0.2, -0.15) is 8.78 Å². The number of hydrogen-bond acceptors (Lipinski definition) is 4. The molecule has 0 fully saturated rings. The van der Waals surface area contributed by atoms with Crippen LogP contribution in [-0.4, -0.2) is 30.4 Å². The first-order chi connectivity index (χ1) is 13.3. The Balaban J connectivity index is 1.78. The summed E-state index contributed by atoms with van der Waals surface area (Å²) in [5.41, 5.74) is 2.90. The number of alkyl halides is 2. The van der Waals surface area contributed by atoms with Crippen LogP contribution in [0.5, 0.6) is 0 Å². The molecule has 0 bridgehead atoms. The van der Waals surface area contributed by atoms with Gasteiger partial charge in [0.15, 0.2) is 14.6 Å². The number of aryl methyl sites for hydroxylation is 1. The highest BCUT2D eigenvalue weighted by atomic mass is 32.2. The average molecular weight is 424 g/mol. The smallest absolute Gasteiger partial charge is 0.321 e. The van der Waals surface area contributed by atoms with Gasteiger partial charge in [0.25, 0.3) is 0 Å². The predicted octanol–water partition coefficient (Wildman–Crippen LogP) is 4.38. The first kappa shape index (κ1) is 19.1. The van der Waals surface area contributed by atoms with Crippen molar-refractivity contribution in [2.75, 3.05) is 17.7 Å². The van der Waals surface area contributed by atoms with Crippen LogP contribution in [0.4, 0.5) is 14.5 Å². The molecular weight excluding hydrogens is 404 g/mol. The second-order valence-corrected chi connectivity index (χ2v) is 9.30. The Kier molecular flexibility index (Phi) is 4.75. The zero-order valence-corrected chi connectivity index (χ0v) is 16.8. The van der Waals surface area contributed by atoms with Gasteiger partial charge in [-0.25, -0.2) is 8.42 Å². The lowest BCUT2D eigenvalue weighted by molar-refractivity contribution is 0.0723. The van der Waals surface area contributed by atoms with E-state index in [9.17, 15) is 17.2 Å². The number of rotatable bonds is 4. The molecule has 0 spiro atoms. The summed E-state index contributed by atoms with van der Waals surface area (Å²) in [6, 6.07) is 12.0. The van der Waals surface area contributed by atoms with Gasteiger partial charge in [-0.05, 0) is 61.0 Å². The quantitative estimate of drug-likeness (QED) is 0.585. The molecule has 1 aliphatic rings. The summed E-state index contributed by atoms with van der Waals surface area (Å²) in [6.07, 6.45) is 2.81. The van der Waals surface area contributed by atoms with Crippen LogP contribution < -0.4 is 4.90 Å². The van der Waals surface area contributed by atoms with Gasteiger partial charge < -0.3 is 4.90 Å². The summed E-state index contributed by atoms with van der Waals surface area (Å²) in [6.45, 7) is -1.66. The van der Waals surface area contributed by atoms with Crippen molar-refractivity contribution in [3.63, 3.8) is 0 Å². The van der Waals surface area contributed by atoms with Crippen molar-refractivity contribution < 1.29 is 17.2 Å². The number of sulfone groups is 1. The van der Waals surface area contributed by atoms with Crippen molar-refractivity contribution in [1.29, 1.82) is 0 Å². The fraction of sp³-hybridized carbons (Fsp3) is 0.316. The van der Waals surface area contributed by atoms with E-state index in [2.05, 4.69) is 4.90 Å². The molecule has 1 aromatic heterocycles. The highest BCUT2D eigenvalue weighted by molar-refractivity contribution is 7.90. The molecule has 5 nitrogen and oxygen atoms in total. The van der Waals surface area contributed by atoms with Gasteiger partial charge in [0.05, 0.1) is 22.6 Å². The van der Waals surface area contributed by atoms with Crippen molar-refractivity contribution in [2.24, 2.45) is 0 Å². The van der Waals surface area contributed by atoms with Crippen LogP contribution in [-0.2, 0) is 22.9 Å². The van der Waals surface area contributed by atoms with E-state index in [4.69, 9.17) is 12.2 Å². The third-order valence-corrected chi connectivity index (χ3v) is 6.60. The highest BCUT2D eigenvalue weighted by Gasteiger charge is 2.22. The van der Waals surface area contributed by atoms with Crippen LogP contribution in [0, 0.1) is 4.77 Å². The predicted molar refractivity (Wildman–Crippen MR) is 107 cm³/mol. The lowest BCUT2D eigenvalue weighted by Gasteiger charge is -2.32. The Hall–Kier alpha value is -2.26. The molecule has 0 radical (unpaired) electrons. The largest absolute Gasteiger partial charge is 0.353 e. The van der Waals surface area contributed by atoms with Gasteiger partial charge in [-0.3, -0.25) is 9.13 Å². The van der Waals surface area contributed by atoms with E-state index in [0.29, 0.717) is 22.6 Å². The monoisotopic (exact) mass is 423 g/mol. The molecule has 0 amide bonds. The van der Waals surface area contributed by atoms with E-state index in [0.717, 1.165) is 35.2 Å². The molecule has 9 heteroatoms. The summed E-state index contributed by atoms with van der Waals surface area (Å²) in [7, 11) is -3.28. The minimum atomic E-state index is -3.28. The Morgan fingerprint density at radius 2 is 1.86 bits per heavy atom. The molecule has 2 heterocycles. The minimum absolute atomic E-state index is 0.0658. The zero-order valence-electron chi connectivity index (χ0n) is 15.2. The van der Waals surface area contributed by atoms with Gasteiger partial charge in [-0.1, -0.05) is 12.1 Å². The lowest BCUT2D eigenvalue weighted by Crippen LogP contribution is -2.31. The molecule has 1 aliphatic heterocycles. The number of imidazole rings is 1. The summed E-state index contributed by atoms with van der Waals surface area (Å²) >= 11 is 5.35. The number of fused-ring (bicyclic) bond motifs is 2. The maximum Gasteiger partial charge on any atom is 0.321 e. The van der Waals surface area contributed by atoms with Gasteiger partial charge >= 0.3 is 6.55 Å². The zero-order chi connectivity index (χ0) is 20.1. The molecule has 3 aromatic rings. The van der Waals surface area contributed by atoms with E-state index in [1.54, 1.807) is 47.0 Å². The second-order valence-electron chi connectivity index (χ2n) is 6.92. The molecule has 0 saturated heterocycles. The standard InChI is InChI=1S/C19H19F2N3O2S2/c1-28(25,26)14-8-9-15-13(11-14)5-4-10-22(15)12-23-16-6-2-3-7-17(16)24(18(20)21)19(23)27/h2-3,6-9,11,18H,4-5,10,12H2,1H3. The van der Waals surface area contributed by atoms with Crippen molar-refractivity contribution in [1.82, 2.24) is 9.13 Å². The third-order valence-electron chi connectivity index (χ3n) is 5.07. The number of benzene rings is 2. The summed E-state index contributed by atoms with van der Waals surface area (Å²) in [5, 5.41) is 0. The van der Waals surface area contributed by atoms with Crippen molar-refractivity contribution in [3.8, 4) is 0 Å². The molecule has 0 atom stereocenters. The third kappa shape index (κ3) is 3.22. The Morgan fingerprint density at radius 1 is 1.14 bits per heavy atom. The fourth-order valence-electron chi connectivity index (χ4n) is 3.76. The molecular formula is C19H19F2N3O2S2. The number of halogens is 2. The van der Waals surface area contributed by atoms with E-state index >= 15 is 0 Å². The first-order valence-corrected chi connectivity index (χ1v) is 11.1. The second kappa shape index (κ2) is 6.97. The Labute approximate surface area is 166 Å². The van der Waals surface area contributed by atoms with Crippen LogP contribution in [0.15, 0.2) is 47.4 Å². The molecule has 148 valence electrons. The molecule has 0 aliphatic carbocycles. The molecule has 28 heavy (non-hydrogen) atoms. The SMILES string of the molecule is CS(=O)(=O)c1ccc2c(c1)CCCN2Cn1c(=S)n(C(F)F)c2ccccc21. The van der Waals surface area contributed by atoms with Crippen molar-refractivity contribution in [2.45, 2.75) is 31.0 Å². The minimum Gasteiger partial charge on any atom is -0.353 e. The van der Waals surface area contributed by atoms with Crippen LogP contribution in [0.25, 0.3) is 11.0 Å². The molecule has 0 unspecified atom stereocenters. The van der Waals surface area contributed by atoms with E-state index < -0.39 is 16.4 Å². The Bertz CT molecular complexity index is 1220. The lowest BCUT2D eigenvalue weighted by atomic mass is 10.0. The summed E-state index contributed by atoms with van der Waals surface area (Å²) in [5.74, 6) is 0. The maximum absolute atomic E-state index is 13.6. The molecule has 2 aromatic carbocycles. The topological polar surface area (TPSA) is 47.2 Å². The molecule has 0 saturated carbocycles. The maximum atomic E-state index is 13.6. The van der Waals surface area contributed by atoms with Gasteiger partial charge in [0.2, 0.25) is 0 Å². The first-order valence-electron chi connectivity index (χ1n) is 8.83. The fourth-order valence-corrected chi connectivity index (χ4v) is 4.76. The van der Waals surface area contributed by atoms with Crippen LogP contribution in [0.3, 0.4) is 0 Å². The van der Waals surface area contributed by atoms with Gasteiger partial charge in [0.1, 0.15) is 0 Å². The van der Waals surface area contributed by atoms with Crippen LogP contribution in [0.2, 0.25) is 0 Å². The number of anilines is 1. The van der Waals surface area contributed by atoms with Crippen LogP contribution >= 0.6 is 12.2 Å². The van der Waals surface area contributed by atoms with Gasteiger partial charge in [0, 0.05) is 18.5 Å². The van der Waals surface area contributed by atoms with Crippen molar-refractivity contribution >= 4 is 38.8 Å². The average Bonchev–Trinajstić information content (AvgIpc) is 2.93. The number of hydrogen-bond donors (Lipinski definition) is 0. The van der Waals surface area contributed by atoms with Gasteiger partial charge in [-0.15, -0.1) is 0 Å². The normalized spacial score (nSPS) is 14.6. The number of para-hydroxylation sites is 2.